The molecule has 40 heavy (non-hydrogen) atoms. The van der Waals surface area contributed by atoms with Gasteiger partial charge in [0.25, 0.3) is 5.91 Å². The second-order valence-corrected chi connectivity index (χ2v) is 12.2. The van der Waals surface area contributed by atoms with Crippen molar-refractivity contribution in [3.8, 4) is 11.5 Å². The van der Waals surface area contributed by atoms with Gasteiger partial charge in [0, 0.05) is 25.2 Å². The minimum absolute atomic E-state index is 0.0896. The SMILES string of the molecule is C[C@@H]1CN(S(=O)(=O)c2ccc(NC(=O)CN3C(=O)N[C@@](C)(c4ccc5c(c4)OCCCO5)C3=O)cc2)C[C@H](C)O1. The molecule has 3 aliphatic rings. The first-order valence-corrected chi connectivity index (χ1v) is 14.5. The van der Waals surface area contributed by atoms with E-state index in [0.717, 1.165) is 11.3 Å². The third-order valence-electron chi connectivity index (χ3n) is 7.06. The van der Waals surface area contributed by atoms with Crippen LogP contribution in [0.1, 0.15) is 32.8 Å². The highest BCUT2D eigenvalue weighted by Gasteiger charge is 2.49. The smallest absolute Gasteiger partial charge is 0.325 e. The maximum Gasteiger partial charge on any atom is 0.325 e. The molecule has 0 aliphatic carbocycles. The van der Waals surface area contributed by atoms with Crippen LogP contribution in [0, 0.1) is 0 Å². The average Bonchev–Trinajstić information content (AvgIpc) is 3.06. The number of urea groups is 1. The van der Waals surface area contributed by atoms with Crippen molar-refractivity contribution in [1.29, 1.82) is 0 Å². The third kappa shape index (κ3) is 5.36. The molecule has 5 rings (SSSR count). The number of fused-ring (bicyclic) bond motifs is 1. The maximum atomic E-state index is 13.3. The van der Waals surface area contributed by atoms with Gasteiger partial charge in [0.2, 0.25) is 15.9 Å². The molecule has 0 unspecified atom stereocenters. The summed E-state index contributed by atoms with van der Waals surface area (Å²) >= 11 is 0. The molecule has 0 saturated carbocycles. The number of nitrogens with one attached hydrogen (secondary N) is 2. The van der Waals surface area contributed by atoms with Crippen LogP contribution in [0.15, 0.2) is 47.4 Å². The summed E-state index contributed by atoms with van der Waals surface area (Å²) in [5, 5.41) is 5.30. The van der Waals surface area contributed by atoms with Gasteiger partial charge in [-0.3, -0.25) is 14.5 Å². The fourth-order valence-electron chi connectivity index (χ4n) is 5.04. The molecule has 2 aromatic rings. The number of hydrogen-bond acceptors (Lipinski definition) is 8. The van der Waals surface area contributed by atoms with Crippen LogP contribution in [-0.4, -0.2) is 80.5 Å². The summed E-state index contributed by atoms with van der Waals surface area (Å²) in [7, 11) is -3.74. The van der Waals surface area contributed by atoms with E-state index in [1.807, 2.05) is 13.8 Å². The summed E-state index contributed by atoms with van der Waals surface area (Å²) in [5.41, 5.74) is -0.573. The number of nitrogens with zero attached hydrogens (tertiary/aromatic N) is 2. The third-order valence-corrected chi connectivity index (χ3v) is 8.91. The number of carbonyl (C=O) groups is 3. The van der Waals surface area contributed by atoms with Crippen LogP contribution in [0.4, 0.5) is 10.5 Å². The molecule has 2 aromatic carbocycles. The van der Waals surface area contributed by atoms with E-state index < -0.39 is 40.0 Å². The highest BCUT2D eigenvalue weighted by atomic mass is 32.2. The van der Waals surface area contributed by atoms with Gasteiger partial charge in [0.05, 0.1) is 30.3 Å². The zero-order chi connectivity index (χ0) is 28.7. The van der Waals surface area contributed by atoms with Gasteiger partial charge >= 0.3 is 6.03 Å². The number of anilines is 1. The van der Waals surface area contributed by atoms with E-state index in [-0.39, 0.29) is 30.2 Å². The quantitative estimate of drug-likeness (QED) is 0.501. The summed E-state index contributed by atoms with van der Waals surface area (Å²) in [6, 6.07) is 10.1. The van der Waals surface area contributed by atoms with Crippen molar-refractivity contribution in [2.45, 2.75) is 49.8 Å². The van der Waals surface area contributed by atoms with E-state index in [0.29, 0.717) is 36.0 Å². The number of benzene rings is 2. The molecule has 13 heteroatoms. The van der Waals surface area contributed by atoms with Gasteiger partial charge in [0.15, 0.2) is 11.5 Å². The molecule has 2 saturated heterocycles. The van der Waals surface area contributed by atoms with Gasteiger partial charge < -0.3 is 24.8 Å². The standard InChI is InChI=1S/C27H32N4O8S/c1-17-14-30(15-18(2)39-17)40(35,36)21-8-6-20(7-9-21)28-24(32)16-31-25(33)27(3,29-26(31)34)19-5-10-22-23(13-19)38-12-4-11-37-22/h5-10,13,17-18H,4,11-12,14-16H2,1-3H3,(H,28,32)(H,29,34)/t17-,18+,27-/m0/s1. The van der Waals surface area contributed by atoms with Crippen LogP contribution < -0.4 is 20.1 Å². The van der Waals surface area contributed by atoms with E-state index in [1.54, 1.807) is 25.1 Å². The molecule has 3 heterocycles. The Labute approximate surface area is 232 Å². The monoisotopic (exact) mass is 572 g/mol. The Morgan fingerprint density at radius 2 is 1.68 bits per heavy atom. The average molecular weight is 573 g/mol. The molecule has 0 aromatic heterocycles. The van der Waals surface area contributed by atoms with Crippen LogP contribution >= 0.6 is 0 Å². The largest absolute Gasteiger partial charge is 0.490 e. The molecule has 4 amide bonds. The fourth-order valence-corrected chi connectivity index (χ4v) is 6.63. The Kier molecular flexibility index (Phi) is 7.46. The molecule has 214 valence electrons. The van der Waals surface area contributed by atoms with Gasteiger partial charge in [-0.2, -0.15) is 4.31 Å². The van der Waals surface area contributed by atoms with Crippen molar-refractivity contribution in [3.05, 3.63) is 48.0 Å². The lowest BCUT2D eigenvalue weighted by atomic mass is 9.91. The number of amides is 4. The highest BCUT2D eigenvalue weighted by molar-refractivity contribution is 7.89. The van der Waals surface area contributed by atoms with E-state index >= 15 is 0 Å². The first-order valence-electron chi connectivity index (χ1n) is 13.1. The molecule has 0 bridgehead atoms. The predicted octanol–water partition coefficient (Wildman–Crippen LogP) is 2.05. The number of carbonyl (C=O) groups excluding carboxylic acids is 3. The molecule has 2 fully saturated rings. The number of rotatable bonds is 6. The van der Waals surface area contributed by atoms with Gasteiger partial charge in [-0.15, -0.1) is 0 Å². The van der Waals surface area contributed by atoms with Crippen LogP contribution in [0.25, 0.3) is 0 Å². The maximum absolute atomic E-state index is 13.3. The van der Waals surface area contributed by atoms with Gasteiger partial charge in [-0.1, -0.05) is 6.07 Å². The summed E-state index contributed by atoms with van der Waals surface area (Å²) in [5.74, 6) is -0.154. The van der Waals surface area contributed by atoms with Crippen molar-refractivity contribution < 1.29 is 37.0 Å². The van der Waals surface area contributed by atoms with Crippen molar-refractivity contribution in [2.75, 3.05) is 38.2 Å². The van der Waals surface area contributed by atoms with E-state index in [1.165, 1.54) is 28.6 Å². The highest BCUT2D eigenvalue weighted by Crippen LogP contribution is 2.36. The predicted molar refractivity (Wildman–Crippen MR) is 143 cm³/mol. The van der Waals surface area contributed by atoms with Crippen molar-refractivity contribution in [3.63, 3.8) is 0 Å². The fraction of sp³-hybridized carbons (Fsp3) is 0.444. The van der Waals surface area contributed by atoms with Crippen molar-refractivity contribution >= 4 is 33.6 Å². The van der Waals surface area contributed by atoms with Crippen molar-refractivity contribution in [1.82, 2.24) is 14.5 Å². The molecular weight excluding hydrogens is 540 g/mol. The Morgan fingerprint density at radius 1 is 1.02 bits per heavy atom. The zero-order valence-corrected chi connectivity index (χ0v) is 23.3. The topological polar surface area (TPSA) is 144 Å². The lowest BCUT2D eigenvalue weighted by Crippen LogP contribution is -2.48. The summed E-state index contributed by atoms with van der Waals surface area (Å²) in [6.07, 6.45) is 0.289. The number of imide groups is 1. The minimum Gasteiger partial charge on any atom is -0.490 e. The molecular formula is C27H32N4O8S. The van der Waals surface area contributed by atoms with Gasteiger partial charge in [0.1, 0.15) is 12.1 Å². The summed E-state index contributed by atoms with van der Waals surface area (Å²) in [4.78, 5) is 39.8. The first kappa shape index (κ1) is 27.9. The van der Waals surface area contributed by atoms with Crippen LogP contribution in [0.3, 0.4) is 0 Å². The Morgan fingerprint density at radius 3 is 2.35 bits per heavy atom. The number of sulfonamides is 1. The van der Waals surface area contributed by atoms with Gasteiger partial charge in [-0.05, 0) is 62.7 Å². The molecule has 3 aliphatic heterocycles. The van der Waals surface area contributed by atoms with E-state index in [4.69, 9.17) is 14.2 Å². The Balaban J connectivity index is 1.24. The normalized spacial score (nSPS) is 25.3. The van der Waals surface area contributed by atoms with Crippen molar-refractivity contribution in [2.24, 2.45) is 0 Å². The van der Waals surface area contributed by atoms with Crippen LogP contribution in [0.5, 0.6) is 11.5 Å². The number of morpholine rings is 1. The lowest BCUT2D eigenvalue weighted by molar-refractivity contribution is -0.133. The molecule has 0 radical (unpaired) electrons. The molecule has 2 N–H and O–H groups in total. The second kappa shape index (κ2) is 10.7. The summed E-state index contributed by atoms with van der Waals surface area (Å²) in [6.45, 7) is 6.19. The Hall–Kier alpha value is -3.68. The number of hydrogen-bond donors (Lipinski definition) is 2. The Bertz CT molecular complexity index is 1420. The lowest BCUT2D eigenvalue weighted by Gasteiger charge is -2.34. The van der Waals surface area contributed by atoms with E-state index in [9.17, 15) is 22.8 Å². The first-order chi connectivity index (χ1) is 19.0. The van der Waals surface area contributed by atoms with Crippen LogP contribution in [-0.2, 0) is 29.9 Å². The van der Waals surface area contributed by atoms with Gasteiger partial charge in [-0.25, -0.2) is 13.2 Å². The minimum atomic E-state index is -3.74. The summed E-state index contributed by atoms with van der Waals surface area (Å²) < 4.78 is 44.5. The van der Waals surface area contributed by atoms with E-state index in [2.05, 4.69) is 10.6 Å². The van der Waals surface area contributed by atoms with Crippen LogP contribution in [0.2, 0.25) is 0 Å². The molecule has 3 atom stereocenters. The molecule has 0 spiro atoms. The molecule has 12 nitrogen and oxygen atoms in total. The zero-order valence-electron chi connectivity index (χ0n) is 22.5. The number of ether oxygens (including phenoxy) is 3. The second-order valence-electron chi connectivity index (χ2n) is 10.3.